The van der Waals surface area contributed by atoms with Crippen molar-refractivity contribution in [2.24, 2.45) is 0 Å². The van der Waals surface area contributed by atoms with E-state index >= 15 is 0 Å². The summed E-state index contributed by atoms with van der Waals surface area (Å²) in [5.74, 6) is 0. The molecule has 0 aliphatic heterocycles. The number of pyridine rings is 1. The summed E-state index contributed by atoms with van der Waals surface area (Å²) < 4.78 is 2.11. The smallest absolute Gasteiger partial charge is 0.137 e. The average molecular weight is 231 g/mol. The molecule has 0 amide bonds. The van der Waals surface area contributed by atoms with Crippen LogP contribution in [0.2, 0.25) is 0 Å². The maximum atomic E-state index is 9.28. The Morgan fingerprint density at radius 1 is 1.47 bits per heavy atom. The Hall–Kier alpha value is -1.39. The van der Waals surface area contributed by atoms with Gasteiger partial charge in [-0.05, 0) is 31.9 Å². The SMILES string of the molecule is Cc1nc2ccccn2c1CNC1(CO)CC1. The summed E-state index contributed by atoms with van der Waals surface area (Å²) in [5.41, 5.74) is 3.19. The molecule has 2 heterocycles. The third-order valence-corrected chi connectivity index (χ3v) is 3.62. The van der Waals surface area contributed by atoms with E-state index in [0.717, 1.165) is 30.7 Å². The van der Waals surface area contributed by atoms with Gasteiger partial charge >= 0.3 is 0 Å². The predicted octanol–water partition coefficient (Wildman–Crippen LogP) is 1.26. The van der Waals surface area contributed by atoms with Gasteiger partial charge in [0.15, 0.2) is 0 Å². The largest absolute Gasteiger partial charge is 0.394 e. The molecule has 0 unspecified atom stereocenters. The molecular weight excluding hydrogens is 214 g/mol. The van der Waals surface area contributed by atoms with Crippen molar-refractivity contribution in [3.05, 3.63) is 35.8 Å². The van der Waals surface area contributed by atoms with E-state index in [0.29, 0.717) is 0 Å². The van der Waals surface area contributed by atoms with Gasteiger partial charge in [0.2, 0.25) is 0 Å². The molecule has 0 atom stereocenters. The van der Waals surface area contributed by atoms with Gasteiger partial charge in [0.1, 0.15) is 5.65 Å². The number of aryl methyl sites for hydroxylation is 1. The van der Waals surface area contributed by atoms with Gasteiger partial charge in [0, 0.05) is 18.3 Å². The van der Waals surface area contributed by atoms with Gasteiger partial charge in [-0.3, -0.25) is 0 Å². The third-order valence-electron chi connectivity index (χ3n) is 3.62. The number of aliphatic hydroxyl groups is 1. The number of aromatic nitrogens is 2. The van der Waals surface area contributed by atoms with Crippen LogP contribution in [0.1, 0.15) is 24.2 Å². The lowest BCUT2D eigenvalue weighted by Gasteiger charge is -2.14. The molecule has 17 heavy (non-hydrogen) atoms. The normalized spacial score (nSPS) is 17.5. The Kier molecular flexibility index (Phi) is 2.42. The minimum absolute atomic E-state index is 0.0224. The maximum Gasteiger partial charge on any atom is 0.137 e. The van der Waals surface area contributed by atoms with E-state index in [1.54, 1.807) is 0 Å². The molecule has 4 nitrogen and oxygen atoms in total. The second-order valence-corrected chi connectivity index (χ2v) is 4.86. The number of rotatable bonds is 4. The molecule has 0 bridgehead atoms. The molecule has 3 rings (SSSR count). The molecular formula is C13H17N3O. The predicted molar refractivity (Wildman–Crippen MR) is 65.8 cm³/mol. The molecule has 1 aliphatic rings. The van der Waals surface area contributed by atoms with E-state index in [-0.39, 0.29) is 12.1 Å². The van der Waals surface area contributed by atoms with Crippen LogP contribution in [0.4, 0.5) is 0 Å². The number of fused-ring (bicyclic) bond motifs is 1. The fraction of sp³-hybridized carbons (Fsp3) is 0.462. The van der Waals surface area contributed by atoms with Crippen molar-refractivity contribution in [1.82, 2.24) is 14.7 Å². The molecule has 4 heteroatoms. The van der Waals surface area contributed by atoms with E-state index < -0.39 is 0 Å². The van der Waals surface area contributed by atoms with Crippen molar-refractivity contribution in [3.63, 3.8) is 0 Å². The summed E-state index contributed by atoms with van der Waals surface area (Å²) in [6.07, 6.45) is 4.17. The Morgan fingerprint density at radius 2 is 2.29 bits per heavy atom. The molecule has 0 radical (unpaired) electrons. The van der Waals surface area contributed by atoms with Crippen molar-refractivity contribution in [3.8, 4) is 0 Å². The van der Waals surface area contributed by atoms with E-state index in [1.807, 2.05) is 31.3 Å². The average Bonchev–Trinajstić information content (AvgIpc) is 3.05. The summed E-state index contributed by atoms with van der Waals surface area (Å²) in [6, 6.07) is 6.01. The molecule has 90 valence electrons. The number of nitrogens with one attached hydrogen (secondary N) is 1. The minimum atomic E-state index is -0.0224. The van der Waals surface area contributed by atoms with Gasteiger partial charge in [-0.25, -0.2) is 4.98 Å². The van der Waals surface area contributed by atoms with Crippen LogP contribution in [0.5, 0.6) is 0 Å². The standard InChI is InChI=1S/C13H17N3O/c1-10-11(8-14-13(9-17)5-6-13)16-7-3-2-4-12(16)15-10/h2-4,7,14,17H,5-6,8-9H2,1H3. The topological polar surface area (TPSA) is 49.6 Å². The molecule has 1 aliphatic carbocycles. The molecule has 1 fully saturated rings. The zero-order chi connectivity index (χ0) is 11.9. The Morgan fingerprint density at radius 3 is 3.00 bits per heavy atom. The van der Waals surface area contributed by atoms with Crippen molar-refractivity contribution in [2.45, 2.75) is 31.8 Å². The first kappa shape index (κ1) is 10.7. The van der Waals surface area contributed by atoms with Crippen LogP contribution in [0.3, 0.4) is 0 Å². The summed E-state index contributed by atoms with van der Waals surface area (Å²) in [5, 5.41) is 12.7. The second kappa shape index (κ2) is 3.82. The Labute approximate surface area is 100 Å². The van der Waals surface area contributed by atoms with Crippen LogP contribution in [0.25, 0.3) is 5.65 Å². The quantitative estimate of drug-likeness (QED) is 0.832. The van der Waals surface area contributed by atoms with Gasteiger partial charge in [-0.15, -0.1) is 0 Å². The fourth-order valence-electron chi connectivity index (χ4n) is 2.19. The Balaban J connectivity index is 1.87. The highest BCUT2D eigenvalue weighted by molar-refractivity contribution is 5.42. The lowest BCUT2D eigenvalue weighted by atomic mass is 10.2. The minimum Gasteiger partial charge on any atom is -0.394 e. The van der Waals surface area contributed by atoms with E-state index in [9.17, 15) is 5.11 Å². The molecule has 2 aromatic rings. The van der Waals surface area contributed by atoms with Gasteiger partial charge in [-0.1, -0.05) is 6.07 Å². The zero-order valence-electron chi connectivity index (χ0n) is 9.98. The van der Waals surface area contributed by atoms with Crippen LogP contribution < -0.4 is 5.32 Å². The molecule has 1 saturated carbocycles. The zero-order valence-corrected chi connectivity index (χ0v) is 9.98. The van der Waals surface area contributed by atoms with E-state index in [4.69, 9.17) is 0 Å². The van der Waals surface area contributed by atoms with Gasteiger partial charge < -0.3 is 14.8 Å². The summed E-state index contributed by atoms with van der Waals surface area (Å²) in [7, 11) is 0. The molecule has 0 spiro atoms. The summed E-state index contributed by atoms with van der Waals surface area (Å²) in [6.45, 7) is 3.02. The van der Waals surface area contributed by atoms with E-state index in [1.165, 1.54) is 5.69 Å². The van der Waals surface area contributed by atoms with Crippen molar-refractivity contribution in [1.29, 1.82) is 0 Å². The van der Waals surface area contributed by atoms with Crippen LogP contribution in [0.15, 0.2) is 24.4 Å². The molecule has 2 aromatic heterocycles. The monoisotopic (exact) mass is 231 g/mol. The third kappa shape index (κ3) is 1.83. The van der Waals surface area contributed by atoms with Crippen LogP contribution in [-0.4, -0.2) is 26.6 Å². The number of imidazole rings is 1. The maximum absolute atomic E-state index is 9.28. The van der Waals surface area contributed by atoms with Crippen molar-refractivity contribution >= 4 is 5.65 Å². The second-order valence-electron chi connectivity index (χ2n) is 4.86. The Bertz CT molecular complexity index is 543. The van der Waals surface area contributed by atoms with Gasteiger partial charge in [-0.2, -0.15) is 0 Å². The van der Waals surface area contributed by atoms with Crippen LogP contribution >= 0.6 is 0 Å². The van der Waals surface area contributed by atoms with E-state index in [2.05, 4.69) is 14.7 Å². The number of hydrogen-bond donors (Lipinski definition) is 2. The highest BCUT2D eigenvalue weighted by atomic mass is 16.3. The summed E-state index contributed by atoms with van der Waals surface area (Å²) >= 11 is 0. The lowest BCUT2D eigenvalue weighted by Crippen LogP contribution is -2.34. The molecule has 2 N–H and O–H groups in total. The van der Waals surface area contributed by atoms with Gasteiger partial charge in [0.25, 0.3) is 0 Å². The number of hydrogen-bond acceptors (Lipinski definition) is 3. The summed E-state index contributed by atoms with van der Waals surface area (Å²) in [4.78, 5) is 4.52. The van der Waals surface area contributed by atoms with Crippen LogP contribution in [-0.2, 0) is 6.54 Å². The fourth-order valence-corrected chi connectivity index (χ4v) is 2.19. The molecule has 0 saturated heterocycles. The number of nitrogens with zero attached hydrogens (tertiary/aromatic N) is 2. The first-order chi connectivity index (χ1) is 8.24. The first-order valence-corrected chi connectivity index (χ1v) is 6.03. The molecule has 0 aromatic carbocycles. The first-order valence-electron chi connectivity index (χ1n) is 6.03. The highest BCUT2D eigenvalue weighted by Gasteiger charge is 2.41. The lowest BCUT2D eigenvalue weighted by molar-refractivity contribution is 0.229. The van der Waals surface area contributed by atoms with Crippen molar-refractivity contribution < 1.29 is 5.11 Å². The number of aliphatic hydroxyl groups excluding tert-OH is 1. The van der Waals surface area contributed by atoms with Crippen molar-refractivity contribution in [2.75, 3.05) is 6.61 Å². The highest BCUT2D eigenvalue weighted by Crippen LogP contribution is 2.34. The van der Waals surface area contributed by atoms with Crippen LogP contribution in [0, 0.1) is 6.92 Å². The van der Waals surface area contributed by atoms with Gasteiger partial charge in [0.05, 0.1) is 18.0 Å².